The van der Waals surface area contributed by atoms with E-state index >= 15 is 0 Å². The lowest BCUT2D eigenvalue weighted by Crippen LogP contribution is -2.08. The Morgan fingerprint density at radius 2 is 2.07 bits per heavy atom. The second-order valence-corrected chi connectivity index (χ2v) is 8.39. The zero-order valence-corrected chi connectivity index (χ0v) is 18.1. The molecule has 0 spiro atoms. The Bertz CT molecular complexity index is 934. The van der Waals surface area contributed by atoms with Crippen molar-refractivity contribution in [2.75, 3.05) is 12.4 Å². The summed E-state index contributed by atoms with van der Waals surface area (Å²) in [6.45, 7) is 0.947. The van der Waals surface area contributed by atoms with E-state index < -0.39 is 5.97 Å². The Labute approximate surface area is 179 Å². The van der Waals surface area contributed by atoms with E-state index in [9.17, 15) is 4.79 Å². The second-order valence-electron chi connectivity index (χ2n) is 5.53. The standard InChI is InChI=1S/C19H16ClIN2O3S/c1-25-18(24)13-7-15(21)17(22-9-14-10-23-19(20)27-14)16(8-13)26-11-12-5-3-2-4-6-12/h2-8,10,22H,9,11H2,1H3. The Balaban J connectivity index is 1.85. The highest BCUT2D eigenvalue weighted by Crippen LogP contribution is 2.33. The highest BCUT2D eigenvalue weighted by Gasteiger charge is 2.16. The zero-order valence-electron chi connectivity index (χ0n) is 14.4. The van der Waals surface area contributed by atoms with Crippen LogP contribution in [0.5, 0.6) is 5.75 Å². The quantitative estimate of drug-likeness (QED) is 0.339. The molecule has 0 atom stereocenters. The number of hydrogen-bond donors (Lipinski definition) is 1. The van der Waals surface area contributed by atoms with Gasteiger partial charge in [0.05, 0.1) is 24.9 Å². The van der Waals surface area contributed by atoms with Gasteiger partial charge in [-0.05, 0) is 40.3 Å². The molecule has 0 amide bonds. The molecule has 3 rings (SSSR count). The summed E-state index contributed by atoms with van der Waals surface area (Å²) in [5.41, 5.74) is 2.29. The number of thiazole rings is 1. The summed E-state index contributed by atoms with van der Waals surface area (Å²) in [6.07, 6.45) is 1.74. The number of anilines is 1. The van der Waals surface area contributed by atoms with Crippen molar-refractivity contribution in [1.82, 2.24) is 4.98 Å². The number of carbonyl (C=O) groups excluding carboxylic acids is 1. The van der Waals surface area contributed by atoms with Crippen molar-refractivity contribution in [2.24, 2.45) is 0 Å². The summed E-state index contributed by atoms with van der Waals surface area (Å²) in [7, 11) is 1.36. The van der Waals surface area contributed by atoms with Gasteiger partial charge in [-0.15, -0.1) is 11.3 Å². The molecule has 1 heterocycles. The zero-order chi connectivity index (χ0) is 19.2. The summed E-state index contributed by atoms with van der Waals surface area (Å²) in [4.78, 5) is 17.0. The third kappa shape index (κ3) is 5.33. The molecular formula is C19H16ClIN2O3S. The minimum Gasteiger partial charge on any atom is -0.487 e. The van der Waals surface area contributed by atoms with Crippen LogP contribution in [-0.4, -0.2) is 18.1 Å². The fourth-order valence-corrected chi connectivity index (χ4v) is 4.09. The normalized spacial score (nSPS) is 10.5. The second kappa shape index (κ2) is 9.38. The minimum atomic E-state index is -0.404. The fourth-order valence-electron chi connectivity index (χ4n) is 2.38. The van der Waals surface area contributed by atoms with Gasteiger partial charge in [-0.25, -0.2) is 9.78 Å². The molecule has 8 heteroatoms. The van der Waals surface area contributed by atoms with E-state index in [4.69, 9.17) is 21.1 Å². The molecular weight excluding hydrogens is 499 g/mol. The maximum atomic E-state index is 12.0. The van der Waals surface area contributed by atoms with Gasteiger partial charge in [-0.3, -0.25) is 0 Å². The third-order valence-corrected chi connectivity index (χ3v) is 5.64. The summed E-state index contributed by atoms with van der Waals surface area (Å²) in [6, 6.07) is 13.3. The maximum absolute atomic E-state index is 12.0. The molecule has 0 saturated heterocycles. The van der Waals surface area contributed by atoms with Crippen LogP contribution >= 0.6 is 45.5 Å². The van der Waals surface area contributed by atoms with Gasteiger partial charge in [0.15, 0.2) is 4.47 Å². The minimum absolute atomic E-state index is 0.391. The molecule has 0 saturated carbocycles. The Kier molecular flexibility index (Phi) is 6.92. The number of ether oxygens (including phenoxy) is 2. The van der Waals surface area contributed by atoms with Crippen LogP contribution < -0.4 is 10.1 Å². The predicted octanol–water partition coefficient (Wildman–Crippen LogP) is 5.38. The number of rotatable bonds is 7. The van der Waals surface area contributed by atoms with Crippen molar-refractivity contribution < 1.29 is 14.3 Å². The van der Waals surface area contributed by atoms with Crippen molar-refractivity contribution in [2.45, 2.75) is 13.2 Å². The molecule has 27 heavy (non-hydrogen) atoms. The molecule has 140 valence electrons. The summed E-state index contributed by atoms with van der Waals surface area (Å²) in [5, 5.41) is 3.36. The van der Waals surface area contributed by atoms with Gasteiger partial charge in [-0.2, -0.15) is 0 Å². The van der Waals surface area contributed by atoms with Gasteiger partial charge >= 0.3 is 5.97 Å². The van der Waals surface area contributed by atoms with Crippen molar-refractivity contribution >= 4 is 57.2 Å². The molecule has 0 aliphatic rings. The molecule has 3 aromatic rings. The van der Waals surface area contributed by atoms with Crippen LogP contribution in [0.4, 0.5) is 5.69 Å². The first-order chi connectivity index (χ1) is 13.1. The molecule has 0 unspecified atom stereocenters. The van der Waals surface area contributed by atoms with Gasteiger partial charge in [0.25, 0.3) is 0 Å². The lowest BCUT2D eigenvalue weighted by atomic mass is 10.2. The van der Waals surface area contributed by atoms with Gasteiger partial charge in [-0.1, -0.05) is 41.9 Å². The van der Waals surface area contributed by atoms with Crippen molar-refractivity contribution in [3.05, 3.63) is 72.7 Å². The molecule has 0 fully saturated rings. The Hall–Kier alpha value is -1.84. The van der Waals surface area contributed by atoms with Crippen LogP contribution in [0.15, 0.2) is 48.7 Å². The Morgan fingerprint density at radius 1 is 1.30 bits per heavy atom. The third-order valence-electron chi connectivity index (χ3n) is 3.68. The van der Waals surface area contributed by atoms with E-state index in [-0.39, 0.29) is 0 Å². The van der Waals surface area contributed by atoms with E-state index in [2.05, 4.69) is 32.9 Å². The monoisotopic (exact) mass is 514 g/mol. The SMILES string of the molecule is COC(=O)c1cc(I)c(NCc2cnc(Cl)s2)c(OCc2ccccc2)c1. The van der Waals surface area contributed by atoms with Crippen LogP contribution in [0.1, 0.15) is 20.8 Å². The first kappa shape index (κ1) is 19.9. The number of carbonyl (C=O) groups is 1. The van der Waals surface area contributed by atoms with E-state index in [1.54, 1.807) is 18.3 Å². The number of halogens is 2. The highest BCUT2D eigenvalue weighted by atomic mass is 127. The lowest BCUT2D eigenvalue weighted by Gasteiger charge is -2.16. The van der Waals surface area contributed by atoms with Crippen LogP contribution in [-0.2, 0) is 17.9 Å². The molecule has 0 aliphatic heterocycles. The van der Waals surface area contributed by atoms with E-state index in [0.717, 1.165) is 19.7 Å². The number of methoxy groups -OCH3 is 1. The molecule has 0 aliphatic carbocycles. The van der Waals surface area contributed by atoms with Crippen LogP contribution in [0.3, 0.4) is 0 Å². The number of esters is 1. The number of hydrogen-bond acceptors (Lipinski definition) is 6. The van der Waals surface area contributed by atoms with Crippen molar-refractivity contribution in [3.63, 3.8) is 0 Å². The average molecular weight is 515 g/mol. The smallest absolute Gasteiger partial charge is 0.338 e. The van der Waals surface area contributed by atoms with Gasteiger partial charge in [0.2, 0.25) is 0 Å². The van der Waals surface area contributed by atoms with Crippen LogP contribution in [0.25, 0.3) is 0 Å². The summed E-state index contributed by atoms with van der Waals surface area (Å²) < 4.78 is 12.2. The molecule has 5 nitrogen and oxygen atoms in total. The van der Waals surface area contributed by atoms with Crippen molar-refractivity contribution in [1.29, 1.82) is 0 Å². The predicted molar refractivity (Wildman–Crippen MR) is 116 cm³/mol. The Morgan fingerprint density at radius 3 is 2.74 bits per heavy atom. The fraction of sp³-hybridized carbons (Fsp3) is 0.158. The maximum Gasteiger partial charge on any atom is 0.338 e. The molecule has 1 N–H and O–H groups in total. The molecule has 0 radical (unpaired) electrons. The number of aromatic nitrogens is 1. The number of nitrogens with one attached hydrogen (secondary N) is 1. The molecule has 2 aromatic carbocycles. The van der Waals surface area contributed by atoms with E-state index in [0.29, 0.717) is 28.9 Å². The summed E-state index contributed by atoms with van der Waals surface area (Å²) >= 11 is 9.49. The van der Waals surface area contributed by atoms with Gasteiger partial charge in [0, 0.05) is 14.6 Å². The number of nitrogens with zero attached hydrogens (tertiary/aromatic N) is 1. The van der Waals surface area contributed by atoms with Gasteiger partial charge in [0.1, 0.15) is 12.4 Å². The average Bonchev–Trinajstić information content (AvgIpc) is 3.10. The molecule has 1 aromatic heterocycles. The topological polar surface area (TPSA) is 60.5 Å². The lowest BCUT2D eigenvalue weighted by molar-refractivity contribution is 0.0600. The van der Waals surface area contributed by atoms with Crippen molar-refractivity contribution in [3.8, 4) is 5.75 Å². The van der Waals surface area contributed by atoms with Gasteiger partial charge < -0.3 is 14.8 Å². The largest absolute Gasteiger partial charge is 0.487 e. The van der Waals surface area contributed by atoms with Crippen LogP contribution in [0, 0.1) is 3.57 Å². The first-order valence-corrected chi connectivity index (χ1v) is 10.3. The van der Waals surface area contributed by atoms with E-state index in [1.807, 2.05) is 30.3 Å². The summed E-state index contributed by atoms with van der Waals surface area (Å²) in [5.74, 6) is 0.181. The number of benzene rings is 2. The molecule has 0 bridgehead atoms. The van der Waals surface area contributed by atoms with E-state index in [1.165, 1.54) is 18.4 Å². The first-order valence-electron chi connectivity index (χ1n) is 7.99. The highest BCUT2D eigenvalue weighted by molar-refractivity contribution is 14.1. The van der Waals surface area contributed by atoms with Crippen LogP contribution in [0.2, 0.25) is 4.47 Å².